The second kappa shape index (κ2) is 11.6. The van der Waals surface area contributed by atoms with Crippen LogP contribution >= 0.6 is 12.2 Å². The molecule has 0 bridgehead atoms. The number of rotatable bonds is 6. The highest BCUT2D eigenvalue weighted by Crippen LogP contribution is 2.30. The number of hydrogen-bond acceptors (Lipinski definition) is 7. The number of nitrogens with one attached hydrogen (secondary N) is 3. The van der Waals surface area contributed by atoms with E-state index in [1.807, 2.05) is 17.9 Å². The highest BCUT2D eigenvalue weighted by atomic mass is 32.1. The molecule has 0 aliphatic carbocycles. The maximum Gasteiger partial charge on any atom is 0.293 e. The summed E-state index contributed by atoms with van der Waals surface area (Å²) in [5, 5.41) is 20.0. The summed E-state index contributed by atoms with van der Waals surface area (Å²) in [4.78, 5) is 38.2. The second-order valence-electron chi connectivity index (χ2n) is 8.32. The zero-order valence-corrected chi connectivity index (χ0v) is 20.8. The van der Waals surface area contributed by atoms with Gasteiger partial charge in [-0.2, -0.15) is 0 Å². The van der Waals surface area contributed by atoms with Crippen molar-refractivity contribution >= 4 is 51.9 Å². The molecule has 0 spiro atoms. The maximum atomic E-state index is 12.7. The molecule has 2 amide bonds. The zero-order chi connectivity index (χ0) is 26.4. The standard InChI is InChI=1S/C26H25N5O5S/c1-17-15-20(8-9-21(17)28-24(32)18-5-3-2-4-6-18)27-26(37)29-25(33)19-7-10-22(23(16-19)31(34)35)30-11-13-36-14-12-30/h2-10,15-16H,11-14H2,1H3,(H,28,32)(H2,27,29,33,37). The molecule has 4 rings (SSSR count). The molecule has 0 radical (unpaired) electrons. The maximum absolute atomic E-state index is 12.7. The number of nitro groups is 1. The molecule has 1 heterocycles. The molecule has 11 heteroatoms. The lowest BCUT2D eigenvalue weighted by Gasteiger charge is -2.28. The van der Waals surface area contributed by atoms with E-state index in [1.165, 1.54) is 12.1 Å². The number of nitrogens with zero attached hydrogens (tertiary/aromatic N) is 2. The van der Waals surface area contributed by atoms with Crippen LogP contribution in [0.2, 0.25) is 0 Å². The molecular formula is C26H25N5O5S. The fraction of sp³-hybridized carbons (Fsp3) is 0.192. The van der Waals surface area contributed by atoms with Gasteiger partial charge in [0.25, 0.3) is 17.5 Å². The number of aryl methyl sites for hydroxylation is 1. The fourth-order valence-corrected chi connectivity index (χ4v) is 4.10. The molecule has 1 fully saturated rings. The molecule has 1 aliphatic rings. The van der Waals surface area contributed by atoms with E-state index in [9.17, 15) is 19.7 Å². The molecule has 0 unspecified atom stereocenters. The third-order valence-corrected chi connectivity index (χ3v) is 5.99. The van der Waals surface area contributed by atoms with Crippen LogP contribution in [0.1, 0.15) is 26.3 Å². The van der Waals surface area contributed by atoms with Crippen molar-refractivity contribution in [3.63, 3.8) is 0 Å². The minimum atomic E-state index is -0.572. The average molecular weight is 520 g/mol. The predicted octanol–water partition coefficient (Wildman–Crippen LogP) is 4.12. The molecule has 3 aromatic carbocycles. The lowest BCUT2D eigenvalue weighted by Crippen LogP contribution is -2.37. The summed E-state index contributed by atoms with van der Waals surface area (Å²) >= 11 is 5.27. The Bertz CT molecular complexity index is 1340. The molecule has 37 heavy (non-hydrogen) atoms. The first kappa shape index (κ1) is 25.7. The van der Waals surface area contributed by atoms with Crippen LogP contribution in [-0.2, 0) is 4.74 Å². The van der Waals surface area contributed by atoms with E-state index in [0.29, 0.717) is 48.9 Å². The molecule has 0 aromatic heterocycles. The van der Waals surface area contributed by atoms with Crippen molar-refractivity contribution in [3.05, 3.63) is 93.5 Å². The summed E-state index contributed by atoms with van der Waals surface area (Å²) < 4.78 is 5.31. The van der Waals surface area contributed by atoms with Crippen LogP contribution in [-0.4, -0.2) is 48.2 Å². The number of morpholine rings is 1. The normalized spacial score (nSPS) is 12.9. The van der Waals surface area contributed by atoms with Gasteiger partial charge in [0, 0.05) is 41.7 Å². The van der Waals surface area contributed by atoms with Crippen LogP contribution in [0.25, 0.3) is 0 Å². The van der Waals surface area contributed by atoms with Gasteiger partial charge in [0.1, 0.15) is 5.69 Å². The van der Waals surface area contributed by atoms with Crippen molar-refractivity contribution in [1.82, 2.24) is 5.32 Å². The number of anilines is 3. The van der Waals surface area contributed by atoms with Crippen LogP contribution in [0.5, 0.6) is 0 Å². The minimum absolute atomic E-state index is 0.0328. The van der Waals surface area contributed by atoms with Gasteiger partial charge in [-0.3, -0.25) is 25.0 Å². The third-order valence-electron chi connectivity index (χ3n) is 5.78. The fourth-order valence-electron chi connectivity index (χ4n) is 3.89. The third kappa shape index (κ3) is 6.46. The van der Waals surface area contributed by atoms with Crippen molar-refractivity contribution in [1.29, 1.82) is 0 Å². The van der Waals surface area contributed by atoms with Crippen LogP contribution in [0.15, 0.2) is 66.7 Å². The summed E-state index contributed by atoms with van der Waals surface area (Å²) in [7, 11) is 0. The average Bonchev–Trinajstić information content (AvgIpc) is 2.90. The topological polar surface area (TPSA) is 126 Å². The van der Waals surface area contributed by atoms with E-state index in [2.05, 4.69) is 16.0 Å². The second-order valence-corrected chi connectivity index (χ2v) is 8.73. The molecule has 3 N–H and O–H groups in total. The Morgan fingerprint density at radius 2 is 1.68 bits per heavy atom. The Morgan fingerprint density at radius 1 is 0.946 bits per heavy atom. The van der Waals surface area contributed by atoms with E-state index < -0.39 is 10.8 Å². The lowest BCUT2D eigenvalue weighted by atomic mass is 10.1. The van der Waals surface area contributed by atoms with E-state index in [4.69, 9.17) is 17.0 Å². The van der Waals surface area contributed by atoms with Crippen LogP contribution in [0.4, 0.5) is 22.7 Å². The summed E-state index contributed by atoms with van der Waals surface area (Å²) in [5.74, 6) is -0.793. The van der Waals surface area contributed by atoms with Gasteiger partial charge < -0.3 is 20.3 Å². The predicted molar refractivity (Wildman–Crippen MR) is 145 cm³/mol. The van der Waals surface area contributed by atoms with Gasteiger partial charge in [0.2, 0.25) is 0 Å². The Morgan fingerprint density at radius 3 is 2.35 bits per heavy atom. The number of benzene rings is 3. The number of ether oxygens (including phenoxy) is 1. The molecular weight excluding hydrogens is 494 g/mol. The van der Waals surface area contributed by atoms with Crippen molar-refractivity contribution in [2.75, 3.05) is 41.8 Å². The minimum Gasteiger partial charge on any atom is -0.378 e. The van der Waals surface area contributed by atoms with Gasteiger partial charge in [0.15, 0.2) is 5.11 Å². The quantitative estimate of drug-likeness (QED) is 0.252. The molecule has 190 valence electrons. The Hall–Kier alpha value is -4.35. The van der Waals surface area contributed by atoms with Crippen LogP contribution in [0.3, 0.4) is 0 Å². The Kier molecular flexibility index (Phi) is 8.06. The smallest absolute Gasteiger partial charge is 0.293 e. The lowest BCUT2D eigenvalue weighted by molar-refractivity contribution is -0.384. The van der Waals surface area contributed by atoms with Gasteiger partial charge in [-0.15, -0.1) is 0 Å². The number of carbonyl (C=O) groups excluding carboxylic acids is 2. The van der Waals surface area contributed by atoms with Crippen LogP contribution < -0.4 is 20.9 Å². The van der Waals surface area contributed by atoms with Gasteiger partial charge in [0.05, 0.1) is 18.1 Å². The van der Waals surface area contributed by atoms with Crippen molar-refractivity contribution in [3.8, 4) is 0 Å². The number of amides is 2. The van der Waals surface area contributed by atoms with Gasteiger partial charge >= 0.3 is 0 Å². The van der Waals surface area contributed by atoms with E-state index >= 15 is 0 Å². The highest BCUT2D eigenvalue weighted by Gasteiger charge is 2.23. The van der Waals surface area contributed by atoms with Gasteiger partial charge in [-0.25, -0.2) is 0 Å². The molecule has 1 saturated heterocycles. The number of nitro benzene ring substituents is 1. The SMILES string of the molecule is Cc1cc(NC(=S)NC(=O)c2ccc(N3CCOCC3)c([N+](=O)[O-])c2)ccc1NC(=O)c1ccccc1. The van der Waals surface area contributed by atoms with E-state index in [0.717, 1.165) is 5.56 Å². The van der Waals surface area contributed by atoms with Crippen molar-refractivity contribution in [2.45, 2.75) is 6.92 Å². The Balaban J connectivity index is 1.39. The first-order valence-electron chi connectivity index (χ1n) is 11.5. The first-order chi connectivity index (χ1) is 17.8. The van der Waals surface area contributed by atoms with E-state index in [-0.39, 0.29) is 22.3 Å². The van der Waals surface area contributed by atoms with Crippen molar-refractivity contribution < 1.29 is 19.2 Å². The summed E-state index contributed by atoms with van der Waals surface area (Å²) in [5.41, 5.74) is 2.99. The number of thiocarbonyl (C=S) groups is 1. The zero-order valence-electron chi connectivity index (χ0n) is 20.0. The molecule has 0 saturated carbocycles. The largest absolute Gasteiger partial charge is 0.378 e. The van der Waals surface area contributed by atoms with Crippen LogP contribution in [0, 0.1) is 17.0 Å². The summed E-state index contributed by atoms with van der Waals surface area (Å²) in [6.45, 7) is 3.88. The number of carbonyl (C=O) groups is 2. The van der Waals surface area contributed by atoms with E-state index in [1.54, 1.807) is 48.5 Å². The Labute approximate surface area is 218 Å². The van der Waals surface area contributed by atoms with Crippen molar-refractivity contribution in [2.24, 2.45) is 0 Å². The molecule has 1 aliphatic heterocycles. The highest BCUT2D eigenvalue weighted by molar-refractivity contribution is 7.80. The number of hydrogen-bond donors (Lipinski definition) is 3. The molecule has 10 nitrogen and oxygen atoms in total. The van der Waals surface area contributed by atoms with Gasteiger partial charge in [-0.1, -0.05) is 18.2 Å². The van der Waals surface area contributed by atoms with Gasteiger partial charge in [-0.05, 0) is 67.2 Å². The molecule has 3 aromatic rings. The monoisotopic (exact) mass is 519 g/mol. The first-order valence-corrected chi connectivity index (χ1v) is 11.9. The summed E-state index contributed by atoms with van der Waals surface area (Å²) in [6.07, 6.45) is 0. The molecule has 0 atom stereocenters. The summed E-state index contributed by atoms with van der Waals surface area (Å²) in [6, 6.07) is 18.5.